The maximum absolute atomic E-state index is 11.8. The maximum Gasteiger partial charge on any atom is 0.264 e. The predicted octanol–water partition coefficient (Wildman–Crippen LogP) is 3.07. The van der Waals surface area contributed by atoms with E-state index in [1.54, 1.807) is 0 Å². The van der Waals surface area contributed by atoms with Crippen molar-refractivity contribution in [1.82, 2.24) is 0 Å². The highest BCUT2D eigenvalue weighted by Crippen LogP contribution is 2.38. The zero-order valence-corrected chi connectivity index (χ0v) is 20.6. The first kappa shape index (κ1) is 24.1. The molecule has 1 fully saturated rings. The van der Waals surface area contributed by atoms with Gasteiger partial charge >= 0.3 is 0 Å². The molecule has 0 radical (unpaired) electrons. The first-order chi connectivity index (χ1) is 14.5. The number of aliphatic hydroxyl groups is 1. The van der Waals surface area contributed by atoms with Gasteiger partial charge in [0.25, 0.3) is 18.4 Å². The summed E-state index contributed by atoms with van der Waals surface area (Å²) in [6.07, 6.45) is 1.65. The van der Waals surface area contributed by atoms with Crippen molar-refractivity contribution >= 4 is 28.8 Å². The van der Waals surface area contributed by atoms with Crippen LogP contribution in [0.1, 0.15) is 40.0 Å². The Kier molecular flexibility index (Phi) is 7.43. The van der Waals surface area contributed by atoms with E-state index in [0.717, 1.165) is 6.26 Å². The molecule has 3 rings (SSSR count). The highest BCUT2D eigenvalue weighted by atomic mass is 32.2. The van der Waals surface area contributed by atoms with Gasteiger partial charge in [0.15, 0.2) is 0 Å². The second-order valence-electron chi connectivity index (χ2n) is 9.54. The molecule has 0 saturated heterocycles. The average molecular weight is 463 g/mol. The van der Waals surface area contributed by atoms with Crippen LogP contribution in [0.15, 0.2) is 60.7 Å². The number of hydrogen-bond acceptors (Lipinski definition) is 5. The SMILES string of the molecule is CC(C)(C)[Si](OC[C@@H]1C[C@@H](O)CC[C@@H]1OS(C)(=O)=O)(c1ccccc1)c1ccccc1. The van der Waals surface area contributed by atoms with Gasteiger partial charge in [-0.3, -0.25) is 4.18 Å². The minimum absolute atomic E-state index is 0.170. The molecule has 1 aliphatic carbocycles. The van der Waals surface area contributed by atoms with E-state index in [0.29, 0.717) is 25.9 Å². The van der Waals surface area contributed by atoms with Gasteiger partial charge in [-0.1, -0.05) is 81.4 Å². The van der Waals surface area contributed by atoms with E-state index in [1.165, 1.54) is 10.4 Å². The summed E-state index contributed by atoms with van der Waals surface area (Å²) in [5.41, 5.74) is 0. The smallest absolute Gasteiger partial charge is 0.264 e. The molecule has 2 aromatic rings. The van der Waals surface area contributed by atoms with Gasteiger partial charge in [0.2, 0.25) is 0 Å². The lowest BCUT2D eigenvalue weighted by Crippen LogP contribution is -2.67. The molecule has 0 aromatic heterocycles. The third-order valence-corrected chi connectivity index (χ3v) is 11.7. The van der Waals surface area contributed by atoms with Gasteiger partial charge in [-0.25, -0.2) is 0 Å². The van der Waals surface area contributed by atoms with Crippen molar-refractivity contribution in [1.29, 1.82) is 0 Å². The van der Waals surface area contributed by atoms with Crippen molar-refractivity contribution in [3.05, 3.63) is 60.7 Å². The van der Waals surface area contributed by atoms with Crippen LogP contribution in [0.2, 0.25) is 5.04 Å². The van der Waals surface area contributed by atoms with Gasteiger partial charge in [-0.15, -0.1) is 0 Å². The summed E-state index contributed by atoms with van der Waals surface area (Å²) in [4.78, 5) is 0. The van der Waals surface area contributed by atoms with Crippen LogP contribution in [0.5, 0.6) is 0 Å². The molecule has 1 saturated carbocycles. The summed E-state index contributed by atoms with van der Waals surface area (Å²) < 4.78 is 36.0. The van der Waals surface area contributed by atoms with Gasteiger partial charge < -0.3 is 9.53 Å². The Morgan fingerprint density at radius 3 is 1.94 bits per heavy atom. The Morgan fingerprint density at radius 2 is 1.48 bits per heavy atom. The van der Waals surface area contributed by atoms with E-state index in [-0.39, 0.29) is 11.0 Å². The molecule has 0 aliphatic heterocycles. The topological polar surface area (TPSA) is 72.8 Å². The van der Waals surface area contributed by atoms with Crippen molar-refractivity contribution < 1.29 is 22.1 Å². The highest BCUT2D eigenvalue weighted by Gasteiger charge is 2.51. The molecule has 31 heavy (non-hydrogen) atoms. The number of rotatable bonds is 7. The van der Waals surface area contributed by atoms with E-state index in [1.807, 2.05) is 36.4 Å². The second kappa shape index (κ2) is 9.54. The van der Waals surface area contributed by atoms with Crippen LogP contribution < -0.4 is 10.4 Å². The lowest BCUT2D eigenvalue weighted by Gasteiger charge is -2.44. The van der Waals surface area contributed by atoms with E-state index >= 15 is 0 Å². The van der Waals surface area contributed by atoms with Gasteiger partial charge in [-0.2, -0.15) is 8.42 Å². The lowest BCUT2D eigenvalue weighted by molar-refractivity contribution is 0.00381. The van der Waals surface area contributed by atoms with Crippen LogP contribution in [0.3, 0.4) is 0 Å². The highest BCUT2D eigenvalue weighted by molar-refractivity contribution is 7.86. The fraction of sp³-hybridized carbons (Fsp3) is 0.500. The van der Waals surface area contributed by atoms with E-state index in [9.17, 15) is 13.5 Å². The van der Waals surface area contributed by atoms with E-state index < -0.39 is 30.6 Å². The average Bonchev–Trinajstić information content (AvgIpc) is 2.70. The molecular formula is C24H34O5SSi. The van der Waals surface area contributed by atoms with Crippen LogP contribution >= 0.6 is 0 Å². The molecule has 1 aliphatic rings. The Labute approximate surface area is 187 Å². The number of benzene rings is 2. The molecule has 0 heterocycles. The molecule has 5 nitrogen and oxygen atoms in total. The van der Waals surface area contributed by atoms with Crippen LogP contribution in [0.25, 0.3) is 0 Å². The third-order valence-electron chi connectivity index (χ3n) is 6.11. The van der Waals surface area contributed by atoms with E-state index in [4.69, 9.17) is 8.61 Å². The summed E-state index contributed by atoms with van der Waals surface area (Å²) in [6, 6.07) is 20.7. The number of aliphatic hydroxyl groups excluding tert-OH is 1. The molecule has 170 valence electrons. The van der Waals surface area contributed by atoms with Crippen LogP contribution in [0.4, 0.5) is 0 Å². The van der Waals surface area contributed by atoms with Crippen molar-refractivity contribution in [2.24, 2.45) is 5.92 Å². The minimum Gasteiger partial charge on any atom is -0.407 e. The lowest BCUT2D eigenvalue weighted by atomic mass is 9.85. The molecule has 0 amide bonds. The Bertz CT molecular complexity index is 901. The fourth-order valence-electron chi connectivity index (χ4n) is 4.73. The molecule has 0 spiro atoms. The van der Waals surface area contributed by atoms with Crippen LogP contribution in [0, 0.1) is 5.92 Å². The number of hydrogen-bond donors (Lipinski definition) is 1. The zero-order valence-electron chi connectivity index (χ0n) is 18.8. The molecule has 0 unspecified atom stereocenters. The first-order valence-corrected chi connectivity index (χ1v) is 14.6. The van der Waals surface area contributed by atoms with E-state index in [2.05, 4.69) is 45.0 Å². The molecule has 0 bridgehead atoms. The van der Waals surface area contributed by atoms with Crippen molar-refractivity contribution in [2.45, 2.75) is 57.3 Å². The van der Waals surface area contributed by atoms with Crippen molar-refractivity contribution in [2.75, 3.05) is 12.9 Å². The molecule has 3 atom stereocenters. The summed E-state index contributed by atoms with van der Waals surface area (Å²) in [6.45, 7) is 6.96. The second-order valence-corrected chi connectivity index (χ2v) is 15.4. The summed E-state index contributed by atoms with van der Waals surface area (Å²) in [5, 5.41) is 12.4. The zero-order chi connectivity index (χ0) is 22.7. The molecular weight excluding hydrogens is 428 g/mol. The van der Waals surface area contributed by atoms with Gasteiger partial charge in [0, 0.05) is 12.5 Å². The molecule has 2 aromatic carbocycles. The minimum atomic E-state index is -3.59. The van der Waals surface area contributed by atoms with Crippen molar-refractivity contribution in [3.63, 3.8) is 0 Å². The van der Waals surface area contributed by atoms with Crippen LogP contribution in [-0.2, 0) is 18.7 Å². The standard InChI is InChI=1S/C24H34O5SSi/c1-24(2,3)31(21-11-7-5-8-12-21,22-13-9-6-10-14-22)28-18-19-17-20(25)15-16-23(19)29-30(4,26)27/h5-14,19-20,23,25H,15-18H2,1-4H3/t19-,20-,23-/m0/s1. The van der Waals surface area contributed by atoms with Gasteiger partial charge in [0.1, 0.15) is 0 Å². The van der Waals surface area contributed by atoms with Gasteiger partial charge in [0.05, 0.1) is 18.5 Å². The summed E-state index contributed by atoms with van der Waals surface area (Å²) in [7, 11) is -6.32. The van der Waals surface area contributed by atoms with Crippen molar-refractivity contribution in [3.8, 4) is 0 Å². The fourth-order valence-corrected chi connectivity index (χ4v) is 10.1. The maximum atomic E-state index is 11.8. The molecule has 1 N–H and O–H groups in total. The van der Waals surface area contributed by atoms with Crippen LogP contribution in [-0.4, -0.2) is 46.9 Å². The largest absolute Gasteiger partial charge is 0.407 e. The van der Waals surface area contributed by atoms with Gasteiger partial charge in [-0.05, 0) is 34.7 Å². The quantitative estimate of drug-likeness (QED) is 0.506. The Hall–Kier alpha value is -1.51. The normalized spacial score (nSPS) is 22.9. The summed E-state index contributed by atoms with van der Waals surface area (Å²) in [5.74, 6) is -0.194. The Morgan fingerprint density at radius 1 is 0.968 bits per heavy atom. The Balaban J connectivity index is 2.00. The predicted molar refractivity (Wildman–Crippen MR) is 127 cm³/mol. The first-order valence-electron chi connectivity index (χ1n) is 10.8. The monoisotopic (exact) mass is 462 g/mol. The third kappa shape index (κ3) is 5.65. The summed E-state index contributed by atoms with van der Waals surface area (Å²) >= 11 is 0. The molecule has 7 heteroatoms.